The summed E-state index contributed by atoms with van der Waals surface area (Å²) in [5, 5.41) is 6.61. The number of amides is 1. The Morgan fingerprint density at radius 2 is 2.25 bits per heavy atom. The fourth-order valence-corrected chi connectivity index (χ4v) is 3.97. The van der Waals surface area contributed by atoms with Crippen LogP contribution in [0, 0.1) is 12.8 Å². The molecule has 2 rings (SSSR count). The zero-order chi connectivity index (χ0) is 20.7. The summed E-state index contributed by atoms with van der Waals surface area (Å²) in [5.41, 5.74) is 0.617. The number of thiazole rings is 1. The fraction of sp³-hybridized carbons (Fsp3) is 0.750. The molecule has 1 aromatic rings. The summed E-state index contributed by atoms with van der Waals surface area (Å²) in [6.07, 6.45) is 2.98. The van der Waals surface area contributed by atoms with Crippen molar-refractivity contribution in [3.05, 3.63) is 16.1 Å². The van der Waals surface area contributed by atoms with Gasteiger partial charge >= 0.3 is 6.09 Å². The van der Waals surface area contributed by atoms with E-state index in [9.17, 15) is 4.79 Å². The Labute approximate surface area is 173 Å². The van der Waals surface area contributed by atoms with Crippen molar-refractivity contribution in [1.82, 2.24) is 20.1 Å². The SMILES string of the molecule is CN=C(NCCC1CCCN(C(=O)OC(C)(C)C)C1)N(C)Cc1csc(C)n1. The third-order valence-corrected chi connectivity index (χ3v) is 5.47. The third kappa shape index (κ3) is 7.30. The van der Waals surface area contributed by atoms with Crippen LogP contribution in [0.3, 0.4) is 0 Å². The largest absolute Gasteiger partial charge is 0.444 e. The van der Waals surface area contributed by atoms with Crippen molar-refractivity contribution in [2.24, 2.45) is 10.9 Å². The lowest BCUT2D eigenvalue weighted by molar-refractivity contribution is 0.0162. The van der Waals surface area contributed by atoms with E-state index in [1.165, 1.54) is 0 Å². The molecule has 1 aliphatic rings. The van der Waals surface area contributed by atoms with Crippen LogP contribution in [0.15, 0.2) is 10.4 Å². The number of aliphatic imine (C=N–C) groups is 1. The van der Waals surface area contributed by atoms with E-state index in [1.807, 2.05) is 39.6 Å². The molecule has 2 heterocycles. The number of aromatic nitrogens is 1. The van der Waals surface area contributed by atoms with Gasteiger partial charge in [-0.25, -0.2) is 9.78 Å². The standard InChI is InChI=1S/C20H35N5O2S/c1-15-23-17(14-28-15)13-24(6)18(21-5)22-10-9-16-8-7-11-25(12-16)19(26)27-20(2,3)4/h14,16H,7-13H2,1-6H3,(H,21,22). The predicted octanol–water partition coefficient (Wildman–Crippen LogP) is 3.50. The minimum atomic E-state index is -0.446. The molecule has 1 unspecified atom stereocenters. The number of nitrogens with one attached hydrogen (secondary N) is 1. The molecule has 1 fully saturated rings. The maximum Gasteiger partial charge on any atom is 0.410 e. The predicted molar refractivity (Wildman–Crippen MR) is 115 cm³/mol. The highest BCUT2D eigenvalue weighted by molar-refractivity contribution is 7.09. The normalized spacial score (nSPS) is 18.1. The van der Waals surface area contributed by atoms with Gasteiger partial charge in [-0.2, -0.15) is 0 Å². The van der Waals surface area contributed by atoms with Crippen LogP contribution in [0.25, 0.3) is 0 Å². The van der Waals surface area contributed by atoms with Crippen LogP contribution in [0.2, 0.25) is 0 Å². The zero-order valence-electron chi connectivity index (χ0n) is 18.1. The molecule has 0 spiro atoms. The highest BCUT2D eigenvalue weighted by Crippen LogP contribution is 2.21. The molecular weight excluding hydrogens is 374 g/mol. The zero-order valence-corrected chi connectivity index (χ0v) is 18.9. The molecule has 8 heteroatoms. The molecule has 0 aliphatic carbocycles. The lowest BCUT2D eigenvalue weighted by atomic mass is 9.95. The van der Waals surface area contributed by atoms with E-state index in [4.69, 9.17) is 4.74 Å². The Balaban J connectivity index is 1.77. The minimum absolute atomic E-state index is 0.195. The summed E-state index contributed by atoms with van der Waals surface area (Å²) in [5.74, 6) is 1.35. The van der Waals surface area contributed by atoms with Crippen molar-refractivity contribution in [2.45, 2.75) is 59.1 Å². The van der Waals surface area contributed by atoms with Crippen LogP contribution >= 0.6 is 11.3 Å². The van der Waals surface area contributed by atoms with E-state index < -0.39 is 5.60 Å². The van der Waals surface area contributed by atoms with Crippen molar-refractivity contribution in [3.63, 3.8) is 0 Å². The Morgan fingerprint density at radius 3 is 2.86 bits per heavy atom. The van der Waals surface area contributed by atoms with Gasteiger partial charge in [-0.05, 0) is 52.9 Å². The first-order valence-corrected chi connectivity index (χ1v) is 10.9. The van der Waals surface area contributed by atoms with Crippen molar-refractivity contribution in [2.75, 3.05) is 33.7 Å². The smallest absolute Gasteiger partial charge is 0.410 e. The Hall–Kier alpha value is -1.83. The van der Waals surface area contributed by atoms with E-state index in [0.29, 0.717) is 5.92 Å². The molecule has 7 nitrogen and oxygen atoms in total. The number of piperidine rings is 1. The maximum atomic E-state index is 12.3. The van der Waals surface area contributed by atoms with E-state index >= 15 is 0 Å². The van der Waals surface area contributed by atoms with Gasteiger partial charge < -0.3 is 19.9 Å². The topological polar surface area (TPSA) is 70.1 Å². The Bertz CT molecular complexity index is 668. The molecule has 0 radical (unpaired) electrons. The minimum Gasteiger partial charge on any atom is -0.444 e. The average molecular weight is 410 g/mol. The van der Waals surface area contributed by atoms with Gasteiger partial charge in [-0.3, -0.25) is 4.99 Å². The summed E-state index contributed by atoms with van der Waals surface area (Å²) < 4.78 is 5.52. The number of rotatable bonds is 5. The Kier molecular flexibility index (Phi) is 8.10. The monoisotopic (exact) mass is 409 g/mol. The van der Waals surface area contributed by atoms with Crippen LogP contribution in [-0.2, 0) is 11.3 Å². The lowest BCUT2D eigenvalue weighted by Gasteiger charge is -2.34. The molecule has 1 amide bonds. The van der Waals surface area contributed by atoms with Crippen LogP contribution in [0.1, 0.15) is 50.7 Å². The quantitative estimate of drug-likeness (QED) is 0.595. The van der Waals surface area contributed by atoms with E-state index in [0.717, 1.165) is 62.1 Å². The lowest BCUT2D eigenvalue weighted by Crippen LogP contribution is -2.44. The van der Waals surface area contributed by atoms with Gasteiger partial charge in [0.25, 0.3) is 0 Å². The van der Waals surface area contributed by atoms with Crippen LogP contribution < -0.4 is 5.32 Å². The highest BCUT2D eigenvalue weighted by Gasteiger charge is 2.27. The number of hydrogen-bond donors (Lipinski definition) is 1. The fourth-order valence-electron chi connectivity index (χ4n) is 3.36. The van der Waals surface area contributed by atoms with Gasteiger partial charge in [0, 0.05) is 39.1 Å². The summed E-state index contributed by atoms with van der Waals surface area (Å²) in [7, 11) is 3.82. The van der Waals surface area contributed by atoms with Crippen molar-refractivity contribution >= 4 is 23.4 Å². The van der Waals surface area contributed by atoms with Crippen LogP contribution in [-0.4, -0.2) is 66.2 Å². The number of aryl methyl sites for hydroxylation is 1. The number of guanidine groups is 1. The van der Waals surface area contributed by atoms with E-state index in [1.54, 1.807) is 18.4 Å². The van der Waals surface area contributed by atoms with Gasteiger partial charge in [0.05, 0.1) is 17.2 Å². The first-order chi connectivity index (χ1) is 13.2. The first kappa shape index (κ1) is 22.5. The number of hydrogen-bond acceptors (Lipinski definition) is 5. The van der Waals surface area contributed by atoms with Crippen molar-refractivity contribution in [1.29, 1.82) is 0 Å². The second-order valence-corrected chi connectivity index (χ2v) is 9.47. The van der Waals surface area contributed by atoms with Crippen LogP contribution in [0.4, 0.5) is 4.79 Å². The molecule has 1 saturated heterocycles. The molecule has 0 saturated carbocycles. The Morgan fingerprint density at radius 1 is 1.50 bits per heavy atom. The summed E-state index contributed by atoms with van der Waals surface area (Å²) in [6, 6.07) is 0. The summed E-state index contributed by atoms with van der Waals surface area (Å²) in [4.78, 5) is 25.1. The number of nitrogens with zero attached hydrogens (tertiary/aromatic N) is 4. The van der Waals surface area contributed by atoms with E-state index in [2.05, 4.69) is 25.6 Å². The molecular formula is C20H35N5O2S. The third-order valence-electron chi connectivity index (χ3n) is 4.65. The van der Waals surface area contributed by atoms with Gasteiger partial charge in [0.2, 0.25) is 0 Å². The van der Waals surface area contributed by atoms with Crippen LogP contribution in [0.5, 0.6) is 0 Å². The number of ether oxygens (including phenoxy) is 1. The highest BCUT2D eigenvalue weighted by atomic mass is 32.1. The molecule has 28 heavy (non-hydrogen) atoms. The van der Waals surface area contributed by atoms with Gasteiger partial charge in [-0.1, -0.05) is 0 Å². The molecule has 0 aromatic carbocycles. The maximum absolute atomic E-state index is 12.3. The molecule has 1 aromatic heterocycles. The first-order valence-electron chi connectivity index (χ1n) is 9.98. The number of carbonyl (C=O) groups excluding carboxylic acids is 1. The van der Waals surface area contributed by atoms with Gasteiger partial charge in [-0.15, -0.1) is 11.3 Å². The summed E-state index contributed by atoms with van der Waals surface area (Å²) >= 11 is 1.67. The van der Waals surface area contributed by atoms with Crippen molar-refractivity contribution < 1.29 is 9.53 Å². The summed E-state index contributed by atoms with van der Waals surface area (Å²) in [6.45, 7) is 10.9. The second-order valence-electron chi connectivity index (χ2n) is 8.41. The second kappa shape index (κ2) is 10.1. The average Bonchev–Trinajstić information content (AvgIpc) is 3.02. The molecule has 1 aliphatic heterocycles. The number of likely N-dealkylation sites (tertiary alicyclic amines) is 1. The molecule has 0 bridgehead atoms. The molecule has 1 atom stereocenters. The van der Waals surface area contributed by atoms with Gasteiger partial charge in [0.1, 0.15) is 5.60 Å². The molecule has 1 N–H and O–H groups in total. The van der Waals surface area contributed by atoms with Gasteiger partial charge in [0.15, 0.2) is 5.96 Å². The van der Waals surface area contributed by atoms with Crippen molar-refractivity contribution in [3.8, 4) is 0 Å². The number of carbonyl (C=O) groups is 1. The van der Waals surface area contributed by atoms with E-state index in [-0.39, 0.29) is 6.09 Å². The molecule has 158 valence electrons.